The molecular weight excluding hydrogens is 306 g/mol. The molecule has 0 saturated heterocycles. The Kier molecular flexibility index (Phi) is 4.09. The van der Waals surface area contributed by atoms with Crippen LogP contribution < -0.4 is 10.3 Å². The molecule has 0 amide bonds. The molecule has 0 spiro atoms. The number of rotatable bonds is 3. The quantitative estimate of drug-likeness (QED) is 0.745. The number of anilines is 1. The van der Waals surface area contributed by atoms with Crippen molar-refractivity contribution in [1.29, 1.82) is 5.26 Å². The second-order valence-corrected chi connectivity index (χ2v) is 6.18. The summed E-state index contributed by atoms with van der Waals surface area (Å²) >= 11 is 1.49. The largest absolute Gasteiger partial charge is 0.326 e. The van der Waals surface area contributed by atoms with Gasteiger partial charge in [0.05, 0.1) is 17.1 Å². The van der Waals surface area contributed by atoms with Crippen LogP contribution in [0.25, 0.3) is 10.9 Å². The number of fused-ring (bicyclic) bond motifs is 1. The lowest BCUT2D eigenvalue weighted by atomic mass is 10.1. The van der Waals surface area contributed by atoms with E-state index < -0.39 is 0 Å². The summed E-state index contributed by atoms with van der Waals surface area (Å²) in [6.07, 6.45) is 0. The highest BCUT2D eigenvalue weighted by atomic mass is 32.2. The van der Waals surface area contributed by atoms with Gasteiger partial charge in [0.1, 0.15) is 0 Å². The van der Waals surface area contributed by atoms with E-state index in [2.05, 4.69) is 10.8 Å². The number of nitriles is 1. The van der Waals surface area contributed by atoms with Gasteiger partial charge in [-0.2, -0.15) is 5.26 Å². The van der Waals surface area contributed by atoms with Gasteiger partial charge in [0, 0.05) is 29.1 Å². The number of pyridine rings is 1. The Balaban J connectivity index is 1.86. The van der Waals surface area contributed by atoms with Gasteiger partial charge in [-0.05, 0) is 66.9 Å². The van der Waals surface area contributed by atoms with E-state index in [9.17, 15) is 4.79 Å². The number of benzene rings is 2. The highest BCUT2D eigenvalue weighted by molar-refractivity contribution is 8.00. The molecule has 0 bridgehead atoms. The zero-order chi connectivity index (χ0) is 16.4. The third-order valence-electron chi connectivity index (χ3n) is 3.72. The van der Waals surface area contributed by atoms with Crippen molar-refractivity contribution >= 4 is 28.5 Å². The van der Waals surface area contributed by atoms with Gasteiger partial charge in [-0.25, -0.2) is 0 Å². The van der Waals surface area contributed by atoms with E-state index in [1.165, 1.54) is 11.9 Å². The van der Waals surface area contributed by atoms with E-state index in [1.54, 1.807) is 29.8 Å². The van der Waals surface area contributed by atoms with Crippen molar-refractivity contribution in [2.75, 3.05) is 4.72 Å². The van der Waals surface area contributed by atoms with Gasteiger partial charge in [-0.3, -0.25) is 4.79 Å². The first-order valence-electron chi connectivity index (χ1n) is 7.12. The summed E-state index contributed by atoms with van der Waals surface area (Å²) in [5.41, 5.74) is 3.51. The molecule has 3 aromatic rings. The molecule has 0 aliphatic carbocycles. The molecule has 1 heterocycles. The van der Waals surface area contributed by atoms with Gasteiger partial charge >= 0.3 is 0 Å². The molecule has 0 atom stereocenters. The van der Waals surface area contributed by atoms with E-state index in [4.69, 9.17) is 5.26 Å². The summed E-state index contributed by atoms with van der Waals surface area (Å²) in [6, 6.07) is 17.1. The summed E-state index contributed by atoms with van der Waals surface area (Å²) in [6.45, 7) is 1.95. The molecule has 3 rings (SSSR count). The minimum Gasteiger partial charge on any atom is -0.326 e. The van der Waals surface area contributed by atoms with Crippen molar-refractivity contribution < 1.29 is 0 Å². The normalized spacial score (nSPS) is 10.5. The van der Waals surface area contributed by atoms with Gasteiger partial charge < -0.3 is 9.29 Å². The summed E-state index contributed by atoms with van der Waals surface area (Å²) in [5, 5.41) is 9.86. The van der Waals surface area contributed by atoms with Gasteiger partial charge in [0.15, 0.2) is 0 Å². The minimum absolute atomic E-state index is 0.00247. The number of aryl methyl sites for hydroxylation is 2. The molecule has 4 nitrogen and oxygen atoms in total. The number of hydrogen-bond donors (Lipinski definition) is 1. The Morgan fingerprint density at radius 1 is 1.13 bits per heavy atom. The van der Waals surface area contributed by atoms with E-state index in [0.717, 1.165) is 27.0 Å². The van der Waals surface area contributed by atoms with Crippen LogP contribution in [0.1, 0.15) is 11.1 Å². The number of aromatic nitrogens is 1. The average Bonchev–Trinajstić information content (AvgIpc) is 2.58. The van der Waals surface area contributed by atoms with Crippen molar-refractivity contribution in [3.63, 3.8) is 0 Å². The fourth-order valence-electron chi connectivity index (χ4n) is 2.40. The fourth-order valence-corrected chi connectivity index (χ4v) is 3.04. The van der Waals surface area contributed by atoms with Crippen LogP contribution >= 0.6 is 11.9 Å². The third kappa shape index (κ3) is 3.08. The lowest BCUT2D eigenvalue weighted by Gasteiger charge is -2.10. The second kappa shape index (κ2) is 6.19. The van der Waals surface area contributed by atoms with E-state index in [0.29, 0.717) is 5.56 Å². The molecule has 2 aromatic carbocycles. The van der Waals surface area contributed by atoms with E-state index in [1.807, 2.05) is 37.3 Å². The fraction of sp³-hybridized carbons (Fsp3) is 0.111. The summed E-state index contributed by atoms with van der Waals surface area (Å²) in [7, 11) is 1.78. The summed E-state index contributed by atoms with van der Waals surface area (Å²) in [4.78, 5) is 12.9. The molecule has 0 aliphatic rings. The van der Waals surface area contributed by atoms with Gasteiger partial charge in [0.2, 0.25) is 0 Å². The van der Waals surface area contributed by atoms with Gasteiger partial charge in [0.25, 0.3) is 5.56 Å². The molecule has 23 heavy (non-hydrogen) atoms. The van der Waals surface area contributed by atoms with Crippen molar-refractivity contribution in [2.24, 2.45) is 7.05 Å². The first-order chi connectivity index (χ1) is 11.1. The highest BCUT2D eigenvalue weighted by Gasteiger charge is 2.05. The number of nitrogens with one attached hydrogen (secondary N) is 1. The molecule has 1 aromatic heterocycles. The van der Waals surface area contributed by atoms with Crippen LogP contribution in [0.5, 0.6) is 0 Å². The smallest absolute Gasteiger partial charge is 0.251 e. The zero-order valence-electron chi connectivity index (χ0n) is 12.8. The summed E-state index contributed by atoms with van der Waals surface area (Å²) < 4.78 is 4.95. The van der Waals surface area contributed by atoms with Crippen LogP contribution in [0.4, 0.5) is 5.69 Å². The predicted octanol–water partition coefficient (Wildman–Crippen LogP) is 3.84. The van der Waals surface area contributed by atoms with Crippen molar-refractivity contribution in [3.8, 4) is 6.07 Å². The van der Waals surface area contributed by atoms with Crippen molar-refractivity contribution in [2.45, 2.75) is 11.8 Å². The van der Waals surface area contributed by atoms with Crippen LogP contribution in [0, 0.1) is 18.3 Å². The molecule has 0 unspecified atom stereocenters. The monoisotopic (exact) mass is 321 g/mol. The Labute approximate surface area is 138 Å². The Hall–Kier alpha value is -2.71. The third-order valence-corrected chi connectivity index (χ3v) is 4.57. The van der Waals surface area contributed by atoms with Crippen LogP contribution in [-0.4, -0.2) is 4.57 Å². The van der Waals surface area contributed by atoms with Crippen molar-refractivity contribution in [1.82, 2.24) is 4.57 Å². The van der Waals surface area contributed by atoms with Crippen LogP contribution in [-0.2, 0) is 7.05 Å². The maximum Gasteiger partial charge on any atom is 0.251 e. The lowest BCUT2D eigenvalue weighted by molar-refractivity contribution is 0.903. The second-order valence-electron chi connectivity index (χ2n) is 5.30. The highest BCUT2D eigenvalue weighted by Crippen LogP contribution is 2.25. The molecule has 0 saturated carbocycles. The topological polar surface area (TPSA) is 57.8 Å². The summed E-state index contributed by atoms with van der Waals surface area (Å²) in [5.74, 6) is 0. The predicted molar refractivity (Wildman–Crippen MR) is 94.6 cm³/mol. The SMILES string of the molecule is Cc1cc(=O)n(C)c2ccc(NSc3ccc(C#N)cc3)cc12. The van der Waals surface area contributed by atoms with Crippen molar-refractivity contribution in [3.05, 3.63) is 70.0 Å². The Bertz CT molecular complexity index is 968. The molecular formula is C18H15N3OS. The Morgan fingerprint density at radius 3 is 2.57 bits per heavy atom. The van der Waals surface area contributed by atoms with Gasteiger partial charge in [-0.15, -0.1) is 0 Å². The zero-order valence-corrected chi connectivity index (χ0v) is 13.6. The molecule has 0 fully saturated rings. The Morgan fingerprint density at radius 2 is 1.87 bits per heavy atom. The molecule has 0 radical (unpaired) electrons. The van der Waals surface area contributed by atoms with E-state index in [-0.39, 0.29) is 5.56 Å². The van der Waals surface area contributed by atoms with Crippen LogP contribution in [0.3, 0.4) is 0 Å². The first-order valence-corrected chi connectivity index (χ1v) is 7.93. The maximum absolute atomic E-state index is 11.8. The lowest BCUT2D eigenvalue weighted by Crippen LogP contribution is -2.16. The first kappa shape index (κ1) is 15.2. The molecule has 5 heteroatoms. The maximum atomic E-state index is 11.8. The molecule has 0 aliphatic heterocycles. The van der Waals surface area contributed by atoms with Crippen LogP contribution in [0.2, 0.25) is 0 Å². The molecule has 1 N–H and O–H groups in total. The number of hydrogen-bond acceptors (Lipinski definition) is 4. The number of nitrogens with zero attached hydrogens (tertiary/aromatic N) is 2. The minimum atomic E-state index is 0.00247. The standard InChI is InChI=1S/C18H15N3OS/c1-12-9-18(22)21(2)17-8-5-14(10-16(12)17)20-23-15-6-3-13(11-19)4-7-15/h3-10,20H,1-2H3. The van der Waals surface area contributed by atoms with Crippen LogP contribution in [0.15, 0.2) is 58.2 Å². The molecule has 114 valence electrons. The van der Waals surface area contributed by atoms with Gasteiger partial charge in [-0.1, -0.05) is 0 Å². The van der Waals surface area contributed by atoms with E-state index >= 15 is 0 Å². The average molecular weight is 321 g/mol.